The highest BCUT2D eigenvalue weighted by atomic mass is 32.1. The first-order chi connectivity index (χ1) is 9.20. The summed E-state index contributed by atoms with van der Waals surface area (Å²) < 4.78 is 5.32. The molecule has 2 rings (SSSR count). The second-order valence-corrected chi connectivity index (χ2v) is 4.66. The third kappa shape index (κ3) is 3.53. The van der Waals surface area contributed by atoms with Gasteiger partial charge in [-0.15, -0.1) is 0 Å². The molecule has 0 amide bonds. The predicted molar refractivity (Wildman–Crippen MR) is 79.8 cm³/mol. The van der Waals surface area contributed by atoms with Gasteiger partial charge in [-0.05, 0) is 23.8 Å². The summed E-state index contributed by atoms with van der Waals surface area (Å²) in [5.41, 5.74) is 7.87. The summed E-state index contributed by atoms with van der Waals surface area (Å²) in [4.78, 5) is 2.40. The highest BCUT2D eigenvalue weighted by molar-refractivity contribution is 7.80. The van der Waals surface area contributed by atoms with Gasteiger partial charge in [0.1, 0.15) is 11.1 Å². The molecule has 0 atom stereocenters. The molecule has 1 heterocycles. The maximum atomic E-state index is 8.91. The van der Waals surface area contributed by atoms with Crippen molar-refractivity contribution >= 4 is 29.0 Å². The van der Waals surface area contributed by atoms with Crippen LogP contribution in [0.15, 0.2) is 29.8 Å². The Hall–Kier alpha value is -1.90. The van der Waals surface area contributed by atoms with Gasteiger partial charge in [-0.3, -0.25) is 0 Å². The van der Waals surface area contributed by atoms with E-state index < -0.39 is 0 Å². The maximum Gasteiger partial charge on any atom is 0.114 e. The second kappa shape index (κ2) is 6.32. The Morgan fingerprint density at radius 1 is 1.32 bits per heavy atom. The van der Waals surface area contributed by atoms with Crippen molar-refractivity contribution in [2.24, 2.45) is 5.73 Å². The summed E-state index contributed by atoms with van der Waals surface area (Å²) in [6.07, 6.45) is 1.70. The molecule has 0 unspecified atom stereocenters. The lowest BCUT2D eigenvalue weighted by atomic mass is 10.1. The zero-order valence-corrected chi connectivity index (χ0v) is 11.3. The van der Waals surface area contributed by atoms with Crippen LogP contribution in [-0.4, -0.2) is 31.3 Å². The van der Waals surface area contributed by atoms with Crippen molar-refractivity contribution in [3.05, 3.63) is 35.4 Å². The van der Waals surface area contributed by atoms with Crippen LogP contribution in [-0.2, 0) is 4.74 Å². The Balaban J connectivity index is 2.14. The molecular formula is C14H15N3OS. The Labute approximate surface area is 118 Å². The van der Waals surface area contributed by atoms with Gasteiger partial charge in [0.15, 0.2) is 0 Å². The van der Waals surface area contributed by atoms with Gasteiger partial charge in [-0.1, -0.05) is 24.4 Å². The van der Waals surface area contributed by atoms with Gasteiger partial charge in [0.05, 0.1) is 18.8 Å². The topological polar surface area (TPSA) is 62.3 Å². The lowest BCUT2D eigenvalue weighted by Crippen LogP contribution is -2.36. The number of hydrogen-bond acceptors (Lipinski definition) is 4. The number of nitrogens with two attached hydrogens (primary N) is 1. The Kier molecular flexibility index (Phi) is 4.50. The van der Waals surface area contributed by atoms with Crippen LogP contribution in [0.5, 0.6) is 0 Å². The summed E-state index contributed by atoms with van der Waals surface area (Å²) >= 11 is 4.81. The third-order valence-electron chi connectivity index (χ3n) is 2.97. The van der Waals surface area contributed by atoms with Crippen molar-refractivity contribution in [1.29, 1.82) is 5.26 Å². The Bertz CT molecular complexity index is 525. The minimum absolute atomic E-state index is 0.125. The third-order valence-corrected chi connectivity index (χ3v) is 3.19. The first-order valence-corrected chi connectivity index (χ1v) is 6.46. The monoisotopic (exact) mass is 273 g/mol. The molecule has 19 heavy (non-hydrogen) atoms. The van der Waals surface area contributed by atoms with Gasteiger partial charge >= 0.3 is 0 Å². The Morgan fingerprint density at radius 3 is 2.47 bits per heavy atom. The highest BCUT2D eigenvalue weighted by Gasteiger charge is 2.10. The summed E-state index contributed by atoms with van der Waals surface area (Å²) in [6.45, 7) is 3.35. The van der Waals surface area contributed by atoms with Gasteiger partial charge in [0.2, 0.25) is 0 Å². The second-order valence-electron chi connectivity index (χ2n) is 4.23. The fraction of sp³-hybridized carbons (Fsp3) is 0.286. The molecule has 0 aromatic heterocycles. The molecule has 1 aromatic rings. The van der Waals surface area contributed by atoms with Gasteiger partial charge in [-0.25, -0.2) is 0 Å². The van der Waals surface area contributed by atoms with E-state index in [9.17, 15) is 0 Å². The number of hydrogen-bond donors (Lipinski definition) is 1. The number of ether oxygens (including phenoxy) is 1. The van der Waals surface area contributed by atoms with Crippen molar-refractivity contribution in [2.45, 2.75) is 0 Å². The van der Waals surface area contributed by atoms with Crippen molar-refractivity contribution in [3.63, 3.8) is 0 Å². The molecule has 0 aliphatic carbocycles. The standard InChI is InChI=1S/C14H15N3OS/c15-10-12(14(16)19)9-11-1-3-13(4-2-11)17-5-7-18-8-6-17/h1-4,9H,5-8H2,(H2,16,19)/b12-9-. The first-order valence-electron chi connectivity index (χ1n) is 6.05. The van der Waals surface area contributed by atoms with E-state index in [2.05, 4.69) is 4.90 Å². The van der Waals surface area contributed by atoms with Gasteiger partial charge < -0.3 is 15.4 Å². The van der Waals surface area contributed by atoms with Gasteiger partial charge in [0, 0.05) is 18.8 Å². The molecule has 1 saturated heterocycles. The average molecular weight is 273 g/mol. The van der Waals surface area contributed by atoms with Crippen LogP contribution >= 0.6 is 12.2 Å². The van der Waals surface area contributed by atoms with E-state index in [1.54, 1.807) is 6.08 Å². The number of nitrogens with zero attached hydrogens (tertiary/aromatic N) is 2. The molecular weight excluding hydrogens is 258 g/mol. The van der Waals surface area contributed by atoms with Crippen LogP contribution in [0.1, 0.15) is 5.56 Å². The Morgan fingerprint density at radius 2 is 1.95 bits per heavy atom. The zero-order chi connectivity index (χ0) is 13.7. The lowest BCUT2D eigenvalue weighted by Gasteiger charge is -2.28. The molecule has 1 aliphatic rings. The molecule has 0 radical (unpaired) electrons. The number of nitriles is 1. The fourth-order valence-corrected chi connectivity index (χ4v) is 2.03. The molecule has 5 heteroatoms. The van der Waals surface area contributed by atoms with Gasteiger partial charge in [0.25, 0.3) is 0 Å². The van der Waals surface area contributed by atoms with Crippen LogP contribution in [0.2, 0.25) is 0 Å². The van der Waals surface area contributed by atoms with E-state index in [0.717, 1.165) is 37.6 Å². The van der Waals surface area contributed by atoms with Crippen LogP contribution in [0.4, 0.5) is 5.69 Å². The van der Waals surface area contributed by atoms with Gasteiger partial charge in [-0.2, -0.15) is 5.26 Å². The molecule has 2 N–H and O–H groups in total. The zero-order valence-electron chi connectivity index (χ0n) is 10.5. The molecule has 1 fully saturated rings. The molecule has 1 aliphatic heterocycles. The van der Waals surface area contributed by atoms with E-state index in [-0.39, 0.29) is 4.99 Å². The molecule has 0 bridgehead atoms. The average Bonchev–Trinajstić information content (AvgIpc) is 2.46. The minimum Gasteiger partial charge on any atom is -0.389 e. The van der Waals surface area contributed by atoms with Crippen molar-refractivity contribution < 1.29 is 4.74 Å². The van der Waals surface area contributed by atoms with Crippen molar-refractivity contribution in [2.75, 3.05) is 31.2 Å². The summed E-state index contributed by atoms with van der Waals surface area (Å²) in [5, 5.41) is 8.91. The van der Waals surface area contributed by atoms with Crippen LogP contribution in [0.25, 0.3) is 6.08 Å². The SMILES string of the molecule is N#C/C(=C/c1ccc(N2CCOCC2)cc1)C(N)=S. The van der Waals surface area contributed by atoms with E-state index in [0.29, 0.717) is 5.57 Å². The van der Waals surface area contributed by atoms with E-state index in [4.69, 9.17) is 28.0 Å². The number of benzene rings is 1. The number of thiocarbonyl (C=S) groups is 1. The molecule has 1 aromatic carbocycles. The van der Waals surface area contributed by atoms with Crippen molar-refractivity contribution in [3.8, 4) is 6.07 Å². The van der Waals surface area contributed by atoms with E-state index in [1.165, 1.54) is 0 Å². The fourth-order valence-electron chi connectivity index (χ4n) is 1.93. The smallest absolute Gasteiger partial charge is 0.114 e. The molecule has 0 saturated carbocycles. The molecule has 98 valence electrons. The van der Waals surface area contributed by atoms with E-state index >= 15 is 0 Å². The molecule has 0 spiro atoms. The normalized spacial score (nSPS) is 15.9. The first kappa shape index (κ1) is 13.5. The van der Waals surface area contributed by atoms with E-state index in [1.807, 2.05) is 30.3 Å². The summed E-state index contributed by atoms with van der Waals surface area (Å²) in [6, 6.07) is 9.98. The summed E-state index contributed by atoms with van der Waals surface area (Å²) in [5.74, 6) is 0. The number of anilines is 1. The highest BCUT2D eigenvalue weighted by Crippen LogP contribution is 2.18. The van der Waals surface area contributed by atoms with Crippen LogP contribution in [0, 0.1) is 11.3 Å². The number of rotatable bonds is 3. The van der Waals surface area contributed by atoms with Crippen LogP contribution in [0.3, 0.4) is 0 Å². The molecule has 4 nitrogen and oxygen atoms in total. The largest absolute Gasteiger partial charge is 0.389 e. The lowest BCUT2D eigenvalue weighted by molar-refractivity contribution is 0.122. The summed E-state index contributed by atoms with van der Waals surface area (Å²) in [7, 11) is 0. The minimum atomic E-state index is 0.125. The van der Waals surface area contributed by atoms with Crippen LogP contribution < -0.4 is 10.6 Å². The quantitative estimate of drug-likeness (QED) is 0.516. The number of morpholine rings is 1. The maximum absolute atomic E-state index is 8.91. The predicted octanol–water partition coefficient (Wildman–Crippen LogP) is 1.72. The van der Waals surface area contributed by atoms with Crippen molar-refractivity contribution in [1.82, 2.24) is 0 Å².